The van der Waals surface area contributed by atoms with Crippen molar-refractivity contribution in [2.24, 2.45) is 0 Å². The van der Waals surface area contributed by atoms with E-state index >= 15 is 0 Å². The molecule has 8 nitrogen and oxygen atoms in total. The van der Waals surface area contributed by atoms with E-state index in [2.05, 4.69) is 6.07 Å². The second-order valence-electron chi connectivity index (χ2n) is 11.5. The van der Waals surface area contributed by atoms with E-state index in [0.717, 1.165) is 52.8 Å². The van der Waals surface area contributed by atoms with Gasteiger partial charge in [0, 0.05) is 17.2 Å². The SMILES string of the molecule is C[C@H]1CC[C@@H](C(=O)OCC(=O)c2ccc3c(c2)COc2cc4c(cc2-3)CCCC4O)N1C(=O)OC(C)(C)C. The zero-order chi connectivity index (χ0) is 27.2. The lowest BCUT2D eigenvalue weighted by Gasteiger charge is -2.30. The Morgan fingerprint density at radius 1 is 1.05 bits per heavy atom. The van der Waals surface area contributed by atoms with E-state index in [1.807, 2.05) is 19.1 Å². The molecule has 0 bridgehead atoms. The molecule has 1 amide bonds. The lowest BCUT2D eigenvalue weighted by molar-refractivity contribution is -0.148. The number of ketones is 1. The molecule has 1 fully saturated rings. The molecule has 3 aliphatic rings. The number of amides is 1. The normalized spacial score (nSPS) is 22.0. The van der Waals surface area contributed by atoms with Gasteiger partial charge in [0.1, 0.15) is 24.0 Å². The number of aliphatic hydroxyl groups excluding tert-OH is 1. The molecule has 0 radical (unpaired) electrons. The number of carbonyl (C=O) groups excluding carboxylic acids is 3. The second kappa shape index (κ2) is 10.1. The highest BCUT2D eigenvalue weighted by Crippen LogP contribution is 2.43. The quantitative estimate of drug-likeness (QED) is 0.440. The van der Waals surface area contributed by atoms with Crippen LogP contribution in [0.15, 0.2) is 30.3 Å². The van der Waals surface area contributed by atoms with Gasteiger partial charge in [0.05, 0.1) is 6.10 Å². The highest BCUT2D eigenvalue weighted by atomic mass is 16.6. The third-order valence-electron chi connectivity index (χ3n) is 7.52. The Labute approximate surface area is 222 Å². The van der Waals surface area contributed by atoms with Crippen molar-refractivity contribution in [3.8, 4) is 16.9 Å². The van der Waals surface area contributed by atoms with Gasteiger partial charge < -0.3 is 19.3 Å². The molecule has 38 heavy (non-hydrogen) atoms. The number of fused-ring (bicyclic) bond motifs is 4. The smallest absolute Gasteiger partial charge is 0.411 e. The topological polar surface area (TPSA) is 102 Å². The zero-order valence-electron chi connectivity index (χ0n) is 22.4. The number of likely N-dealkylation sites (tertiary alicyclic amines) is 1. The number of hydrogen-bond acceptors (Lipinski definition) is 7. The van der Waals surface area contributed by atoms with Crippen molar-refractivity contribution in [2.45, 2.75) is 90.2 Å². The Morgan fingerprint density at radius 2 is 1.84 bits per heavy atom. The molecule has 1 aliphatic carbocycles. The molecule has 2 aromatic rings. The van der Waals surface area contributed by atoms with Crippen molar-refractivity contribution in [2.75, 3.05) is 6.61 Å². The van der Waals surface area contributed by atoms with E-state index in [0.29, 0.717) is 25.0 Å². The Morgan fingerprint density at radius 3 is 2.61 bits per heavy atom. The van der Waals surface area contributed by atoms with Gasteiger partial charge in [0.15, 0.2) is 12.4 Å². The van der Waals surface area contributed by atoms with Crippen molar-refractivity contribution in [3.05, 3.63) is 52.6 Å². The maximum absolute atomic E-state index is 12.9. The summed E-state index contributed by atoms with van der Waals surface area (Å²) in [5.74, 6) is -0.184. The first-order valence-corrected chi connectivity index (χ1v) is 13.3. The maximum atomic E-state index is 12.9. The molecule has 2 heterocycles. The van der Waals surface area contributed by atoms with Crippen molar-refractivity contribution < 1.29 is 33.7 Å². The standard InChI is InChI=1S/C30H35NO7/c1-17-8-11-24(31(17)29(35)38-30(2,3)4)28(34)37-16-26(33)19-9-10-21-20(12-19)15-36-27-14-22-18(13-23(21)27)6-5-7-25(22)32/h9-10,12-14,17,24-25,32H,5-8,11,15-16H2,1-4H3/t17-,24-,25?/m0/s1. The number of carbonyl (C=O) groups is 3. The molecular weight excluding hydrogens is 486 g/mol. The number of Topliss-reactive ketones (excluding diaryl/α,β-unsaturated/α-hetero) is 1. The summed E-state index contributed by atoms with van der Waals surface area (Å²) in [5, 5.41) is 10.4. The number of ether oxygens (including phenoxy) is 3. The molecule has 0 spiro atoms. The monoisotopic (exact) mass is 521 g/mol. The average Bonchev–Trinajstić information content (AvgIpc) is 3.26. The van der Waals surface area contributed by atoms with Crippen molar-refractivity contribution in [1.29, 1.82) is 0 Å². The van der Waals surface area contributed by atoms with Crippen molar-refractivity contribution in [1.82, 2.24) is 4.90 Å². The van der Waals surface area contributed by atoms with Gasteiger partial charge in [-0.1, -0.05) is 12.1 Å². The third kappa shape index (κ3) is 5.14. The summed E-state index contributed by atoms with van der Waals surface area (Å²) >= 11 is 0. The van der Waals surface area contributed by atoms with Gasteiger partial charge in [0.25, 0.3) is 0 Å². The highest BCUT2D eigenvalue weighted by Gasteiger charge is 2.42. The Bertz CT molecular complexity index is 1280. The second-order valence-corrected chi connectivity index (χ2v) is 11.5. The molecular formula is C30H35NO7. The fourth-order valence-corrected chi connectivity index (χ4v) is 5.60. The summed E-state index contributed by atoms with van der Waals surface area (Å²) in [6.45, 7) is 7.10. The van der Waals surface area contributed by atoms with Crippen LogP contribution >= 0.6 is 0 Å². The Hall–Kier alpha value is -3.39. The van der Waals surface area contributed by atoms with Gasteiger partial charge in [-0.25, -0.2) is 9.59 Å². The van der Waals surface area contributed by atoms with Crippen LogP contribution in [0.2, 0.25) is 0 Å². The molecule has 1 unspecified atom stereocenters. The van der Waals surface area contributed by atoms with E-state index in [1.165, 1.54) is 4.90 Å². The van der Waals surface area contributed by atoms with Crippen LogP contribution in [0.5, 0.6) is 5.75 Å². The van der Waals surface area contributed by atoms with Crippen LogP contribution in [0.4, 0.5) is 4.79 Å². The van der Waals surface area contributed by atoms with E-state index in [-0.39, 0.29) is 11.8 Å². The van der Waals surface area contributed by atoms with Crippen LogP contribution in [0.25, 0.3) is 11.1 Å². The maximum Gasteiger partial charge on any atom is 0.411 e. The average molecular weight is 522 g/mol. The van der Waals surface area contributed by atoms with Crippen LogP contribution in [0.3, 0.4) is 0 Å². The molecule has 2 aromatic carbocycles. The molecule has 0 aromatic heterocycles. The Balaban J connectivity index is 1.26. The fraction of sp³-hybridized carbons (Fsp3) is 0.500. The number of nitrogens with zero attached hydrogens (tertiary/aromatic N) is 1. The summed E-state index contributed by atoms with van der Waals surface area (Å²) in [7, 11) is 0. The van der Waals surface area contributed by atoms with Crippen LogP contribution < -0.4 is 4.74 Å². The predicted molar refractivity (Wildman–Crippen MR) is 140 cm³/mol. The minimum Gasteiger partial charge on any atom is -0.488 e. The first-order valence-electron chi connectivity index (χ1n) is 13.3. The van der Waals surface area contributed by atoms with Crippen molar-refractivity contribution >= 4 is 17.8 Å². The van der Waals surface area contributed by atoms with Crippen molar-refractivity contribution in [3.63, 3.8) is 0 Å². The summed E-state index contributed by atoms with van der Waals surface area (Å²) < 4.78 is 16.8. The first kappa shape index (κ1) is 26.2. The minimum atomic E-state index is -0.773. The lowest BCUT2D eigenvalue weighted by atomic mass is 9.85. The number of esters is 1. The molecule has 8 heteroatoms. The van der Waals surface area contributed by atoms with Gasteiger partial charge in [-0.15, -0.1) is 0 Å². The number of hydrogen-bond donors (Lipinski definition) is 1. The minimum absolute atomic E-state index is 0.157. The third-order valence-corrected chi connectivity index (χ3v) is 7.52. The Kier molecular flexibility index (Phi) is 6.94. The summed E-state index contributed by atoms with van der Waals surface area (Å²) in [6.07, 6.45) is 2.73. The van der Waals surface area contributed by atoms with Gasteiger partial charge in [-0.2, -0.15) is 0 Å². The van der Waals surface area contributed by atoms with E-state index in [4.69, 9.17) is 14.2 Å². The van der Waals surface area contributed by atoms with Gasteiger partial charge in [-0.05, 0) is 100 Å². The summed E-state index contributed by atoms with van der Waals surface area (Å²) in [5.41, 5.74) is 4.66. The zero-order valence-corrected chi connectivity index (χ0v) is 22.4. The van der Waals surface area contributed by atoms with E-state index in [1.54, 1.807) is 32.9 Å². The van der Waals surface area contributed by atoms with Gasteiger partial charge >= 0.3 is 12.1 Å². The molecule has 1 saturated heterocycles. The lowest BCUT2D eigenvalue weighted by Crippen LogP contribution is -2.47. The van der Waals surface area contributed by atoms with Gasteiger partial charge in [-0.3, -0.25) is 9.69 Å². The van der Waals surface area contributed by atoms with E-state index in [9.17, 15) is 19.5 Å². The predicted octanol–water partition coefficient (Wildman–Crippen LogP) is 5.13. The molecule has 2 aliphatic heterocycles. The van der Waals surface area contributed by atoms with E-state index < -0.39 is 36.4 Å². The number of aryl methyl sites for hydroxylation is 1. The van der Waals surface area contributed by atoms with Crippen LogP contribution in [-0.4, -0.2) is 52.1 Å². The van der Waals surface area contributed by atoms with Crippen LogP contribution in [-0.2, 0) is 27.3 Å². The van der Waals surface area contributed by atoms with Crippen LogP contribution in [0, 0.1) is 0 Å². The number of aliphatic hydroxyl groups is 1. The fourth-order valence-electron chi connectivity index (χ4n) is 5.60. The number of rotatable bonds is 4. The molecule has 3 atom stereocenters. The van der Waals surface area contributed by atoms with Gasteiger partial charge in [0.2, 0.25) is 0 Å². The number of benzene rings is 2. The van der Waals surface area contributed by atoms with Crippen LogP contribution in [0.1, 0.15) is 86.5 Å². The molecule has 1 N–H and O–H groups in total. The summed E-state index contributed by atoms with van der Waals surface area (Å²) in [6, 6.07) is 8.53. The largest absolute Gasteiger partial charge is 0.488 e. The molecule has 5 rings (SSSR count). The highest BCUT2D eigenvalue weighted by molar-refractivity contribution is 5.99. The molecule has 202 valence electrons. The first-order chi connectivity index (χ1) is 18.0. The molecule has 0 saturated carbocycles. The summed E-state index contributed by atoms with van der Waals surface area (Å²) in [4.78, 5) is 39.9.